The molecule has 0 amide bonds. The van der Waals surface area contributed by atoms with Crippen LogP contribution in [-0.2, 0) is 13.6 Å². The monoisotopic (exact) mass is 523 g/mol. The van der Waals surface area contributed by atoms with Crippen molar-refractivity contribution >= 4 is 33.6 Å². The molecule has 3 rings (SSSR count). The van der Waals surface area contributed by atoms with Gasteiger partial charge in [0.05, 0.1) is 25.6 Å². The fourth-order valence-corrected chi connectivity index (χ4v) is 5.95. The molecule has 1 aliphatic heterocycles. The van der Waals surface area contributed by atoms with Gasteiger partial charge in [-0.05, 0) is 36.3 Å². The number of aliphatic hydroxyl groups excluding tert-OH is 1. The number of hydrogen-bond donors (Lipinski definition) is 2. The van der Waals surface area contributed by atoms with Gasteiger partial charge >= 0.3 is 0 Å². The van der Waals surface area contributed by atoms with Crippen molar-refractivity contribution in [1.29, 1.82) is 0 Å². The summed E-state index contributed by atoms with van der Waals surface area (Å²) in [4.78, 5) is 13.3. The number of aromatic nitrogens is 4. The third kappa shape index (κ3) is 6.13. The van der Waals surface area contributed by atoms with Crippen LogP contribution in [0.25, 0.3) is 11.2 Å². The zero-order chi connectivity index (χ0) is 26.2. The molecule has 11 heteroatoms. The molecule has 0 radical (unpaired) electrons. The lowest BCUT2D eigenvalue weighted by Gasteiger charge is -2.40. The number of nitrogens with zero attached hydrogens (tertiary/aromatic N) is 4. The largest absolute Gasteiger partial charge is 0.414 e. The van der Waals surface area contributed by atoms with E-state index in [-0.39, 0.29) is 35.1 Å². The highest BCUT2D eigenvalue weighted by atomic mass is 28.4. The summed E-state index contributed by atoms with van der Waals surface area (Å²) in [5.74, 6) is 0.604. The normalized spacial score (nSPS) is 22.2. The van der Waals surface area contributed by atoms with Gasteiger partial charge in [0.25, 0.3) is 0 Å². The van der Waals surface area contributed by atoms with Crippen LogP contribution in [-0.4, -0.2) is 73.2 Å². The molecule has 35 heavy (non-hydrogen) atoms. The Labute approximate surface area is 212 Å². The molecule has 2 aromatic rings. The Morgan fingerprint density at radius 1 is 1.06 bits per heavy atom. The van der Waals surface area contributed by atoms with Crippen molar-refractivity contribution in [2.75, 3.05) is 25.1 Å². The Kier molecular flexibility index (Phi) is 8.20. The number of aliphatic hydroxyl groups is 1. The first kappa shape index (κ1) is 28.2. The van der Waals surface area contributed by atoms with E-state index in [2.05, 4.69) is 88.0 Å². The van der Waals surface area contributed by atoms with Crippen LogP contribution in [0.15, 0.2) is 12.7 Å². The SMILES string of the molecule is CC(C)(C)[Si](C)(C)OC[C@H]1O[C@@H](n2cnc3c(NCCO)ncnc32)CC1O[Si](C)(C)C(C)(C)C. The third-order valence-electron chi connectivity index (χ3n) is 7.92. The Hall–Kier alpha value is -1.38. The van der Waals surface area contributed by atoms with Gasteiger partial charge in [0.2, 0.25) is 0 Å². The molecule has 0 aliphatic carbocycles. The van der Waals surface area contributed by atoms with Gasteiger partial charge in [0.15, 0.2) is 33.6 Å². The predicted octanol–water partition coefficient (Wildman–Crippen LogP) is 4.93. The molecule has 1 unspecified atom stereocenters. The average Bonchev–Trinajstić information content (AvgIpc) is 3.33. The van der Waals surface area contributed by atoms with Crippen LogP contribution in [0.2, 0.25) is 36.3 Å². The van der Waals surface area contributed by atoms with E-state index < -0.39 is 16.6 Å². The van der Waals surface area contributed by atoms with Gasteiger partial charge in [-0.3, -0.25) is 4.57 Å². The number of rotatable bonds is 9. The Morgan fingerprint density at radius 2 is 1.71 bits per heavy atom. The lowest BCUT2D eigenvalue weighted by atomic mass is 10.2. The summed E-state index contributed by atoms with van der Waals surface area (Å²) in [5.41, 5.74) is 1.36. The Bertz CT molecular complexity index is 1000. The van der Waals surface area contributed by atoms with Crippen LogP contribution in [0.4, 0.5) is 5.82 Å². The highest BCUT2D eigenvalue weighted by molar-refractivity contribution is 6.74. The Balaban J connectivity index is 1.88. The molecule has 2 N–H and O–H groups in total. The number of imidazole rings is 1. The molecule has 1 saturated heterocycles. The van der Waals surface area contributed by atoms with Gasteiger partial charge in [-0.15, -0.1) is 0 Å². The average molecular weight is 524 g/mol. The minimum absolute atomic E-state index is 0.0142. The molecule has 3 atom stereocenters. The molecule has 9 nitrogen and oxygen atoms in total. The zero-order valence-corrected chi connectivity index (χ0v) is 25.2. The summed E-state index contributed by atoms with van der Waals surface area (Å²) in [6, 6.07) is 0. The third-order valence-corrected chi connectivity index (χ3v) is 16.9. The van der Waals surface area contributed by atoms with Crippen LogP contribution in [0.5, 0.6) is 0 Å². The maximum atomic E-state index is 9.17. The van der Waals surface area contributed by atoms with E-state index in [1.807, 2.05) is 4.57 Å². The summed E-state index contributed by atoms with van der Waals surface area (Å²) in [7, 11) is -3.97. The quantitative estimate of drug-likeness (QED) is 0.446. The van der Waals surface area contributed by atoms with Crippen LogP contribution in [0, 0.1) is 0 Å². The molecular weight excluding hydrogens is 478 g/mol. The van der Waals surface area contributed by atoms with E-state index in [9.17, 15) is 5.11 Å². The first-order valence-corrected chi connectivity index (χ1v) is 18.4. The highest BCUT2D eigenvalue weighted by Crippen LogP contribution is 2.43. The maximum absolute atomic E-state index is 9.17. The van der Waals surface area contributed by atoms with Crippen molar-refractivity contribution in [1.82, 2.24) is 19.5 Å². The van der Waals surface area contributed by atoms with Gasteiger partial charge in [0, 0.05) is 13.0 Å². The van der Waals surface area contributed by atoms with Gasteiger partial charge in [0.1, 0.15) is 18.7 Å². The van der Waals surface area contributed by atoms with Crippen molar-refractivity contribution in [2.45, 2.75) is 103 Å². The van der Waals surface area contributed by atoms with Crippen LogP contribution >= 0.6 is 0 Å². The van der Waals surface area contributed by atoms with Gasteiger partial charge in [-0.25, -0.2) is 15.0 Å². The number of nitrogens with one attached hydrogen (secondary N) is 1. The van der Waals surface area contributed by atoms with Crippen molar-refractivity contribution < 1.29 is 18.7 Å². The molecule has 1 fully saturated rings. The van der Waals surface area contributed by atoms with E-state index >= 15 is 0 Å². The molecule has 0 bridgehead atoms. The second kappa shape index (κ2) is 10.2. The fourth-order valence-electron chi connectivity index (χ4n) is 3.57. The van der Waals surface area contributed by atoms with E-state index in [1.54, 1.807) is 6.33 Å². The lowest BCUT2D eigenvalue weighted by Crippen LogP contribution is -2.48. The summed E-state index contributed by atoms with van der Waals surface area (Å²) in [5, 5.41) is 12.5. The minimum atomic E-state index is -2.02. The number of fused-ring (bicyclic) bond motifs is 1. The van der Waals surface area contributed by atoms with E-state index in [1.165, 1.54) is 6.33 Å². The molecule has 0 saturated carbocycles. The molecule has 3 heterocycles. The van der Waals surface area contributed by atoms with Gasteiger partial charge in [-0.1, -0.05) is 41.5 Å². The van der Waals surface area contributed by atoms with Gasteiger partial charge in [-0.2, -0.15) is 0 Å². The molecule has 0 spiro atoms. The van der Waals surface area contributed by atoms with Crippen molar-refractivity contribution in [3.05, 3.63) is 12.7 Å². The highest BCUT2D eigenvalue weighted by Gasteiger charge is 2.46. The minimum Gasteiger partial charge on any atom is -0.414 e. The van der Waals surface area contributed by atoms with Crippen molar-refractivity contribution in [3.8, 4) is 0 Å². The molecule has 1 aliphatic rings. The lowest BCUT2D eigenvalue weighted by molar-refractivity contribution is -0.0383. The van der Waals surface area contributed by atoms with Crippen LogP contribution in [0.3, 0.4) is 0 Å². The number of ether oxygens (including phenoxy) is 1. The van der Waals surface area contributed by atoms with E-state index in [0.29, 0.717) is 36.6 Å². The molecule has 2 aromatic heterocycles. The van der Waals surface area contributed by atoms with Crippen molar-refractivity contribution in [2.24, 2.45) is 0 Å². The number of anilines is 1. The van der Waals surface area contributed by atoms with Crippen LogP contribution < -0.4 is 5.32 Å². The second-order valence-corrected chi connectivity index (χ2v) is 22.1. The van der Waals surface area contributed by atoms with E-state index in [0.717, 1.165) is 0 Å². The summed E-state index contributed by atoms with van der Waals surface area (Å²) < 4.78 is 22.1. The molecule has 198 valence electrons. The fraction of sp³-hybridized carbons (Fsp3) is 0.792. The topological polar surface area (TPSA) is 104 Å². The maximum Gasteiger partial charge on any atom is 0.192 e. The number of hydrogen-bond acceptors (Lipinski definition) is 8. The van der Waals surface area contributed by atoms with Crippen LogP contribution in [0.1, 0.15) is 54.2 Å². The second-order valence-electron chi connectivity index (χ2n) is 12.5. The van der Waals surface area contributed by atoms with Crippen molar-refractivity contribution in [3.63, 3.8) is 0 Å². The molecular formula is C24H45N5O4Si2. The predicted molar refractivity (Wildman–Crippen MR) is 145 cm³/mol. The Morgan fingerprint density at radius 3 is 2.31 bits per heavy atom. The first-order valence-electron chi connectivity index (χ1n) is 12.6. The smallest absolute Gasteiger partial charge is 0.192 e. The van der Waals surface area contributed by atoms with E-state index in [4.69, 9.17) is 13.6 Å². The summed E-state index contributed by atoms with van der Waals surface area (Å²) in [6.07, 6.45) is 3.47. The zero-order valence-electron chi connectivity index (χ0n) is 23.2. The molecule has 0 aromatic carbocycles. The summed E-state index contributed by atoms with van der Waals surface area (Å²) >= 11 is 0. The van der Waals surface area contributed by atoms with Gasteiger partial charge < -0.3 is 24.0 Å². The first-order chi connectivity index (χ1) is 16.1. The summed E-state index contributed by atoms with van der Waals surface area (Å²) in [6.45, 7) is 23.6. The standard InChI is InChI=1S/C24H45N5O4Si2/c1-23(2,3)34(7,8)31-14-18-17(33-35(9,10)24(4,5)6)13-19(32-18)29-16-28-20-21(25-11-12-30)26-15-27-22(20)29/h15-19,30H,11-14H2,1-10H3,(H,25,26,27)/t17?,18-,19-/m1/s1.